The van der Waals surface area contributed by atoms with E-state index in [2.05, 4.69) is 16.0 Å². The van der Waals surface area contributed by atoms with Gasteiger partial charge in [0.05, 0.1) is 17.4 Å². The summed E-state index contributed by atoms with van der Waals surface area (Å²) < 4.78 is 42.5. The average Bonchev–Trinajstić information content (AvgIpc) is 3.36. The van der Waals surface area contributed by atoms with Crippen LogP contribution in [0.4, 0.5) is 13.2 Å². The molecular formula is C24H22F3N3O. The molecule has 1 saturated heterocycles. The molecule has 2 atom stereocenters. The van der Waals surface area contributed by atoms with Crippen molar-refractivity contribution < 1.29 is 18.3 Å². The Morgan fingerprint density at radius 1 is 1.00 bits per heavy atom. The minimum atomic E-state index is -4.44. The van der Waals surface area contributed by atoms with E-state index >= 15 is 0 Å². The molecule has 1 fully saturated rings. The molecule has 4 heterocycles. The molecule has 2 aliphatic heterocycles. The Bertz CT molecular complexity index is 1120. The molecular weight excluding hydrogens is 403 g/mol. The van der Waals surface area contributed by atoms with Crippen LogP contribution in [0.3, 0.4) is 0 Å². The summed E-state index contributed by atoms with van der Waals surface area (Å²) in [5.74, 6) is 0. The van der Waals surface area contributed by atoms with E-state index in [0.717, 1.165) is 41.3 Å². The standard InChI is InChI=1S/C24H22F3N3O/c25-24(26,27)22-3-1-2-4-23(22)30-14-20(16-5-8-28-9-6-16)21(15-30)17-7-10-29-13-19(31)12-18(29)11-17/h1-6,8-9,11,14-15,18-19,31H,7,10,12-13H2. The van der Waals surface area contributed by atoms with Crippen molar-refractivity contribution >= 4 is 5.57 Å². The lowest BCUT2D eigenvalue weighted by molar-refractivity contribution is -0.137. The zero-order valence-corrected chi connectivity index (χ0v) is 16.8. The number of hydrogen-bond donors (Lipinski definition) is 1. The van der Waals surface area contributed by atoms with Gasteiger partial charge >= 0.3 is 6.18 Å². The van der Waals surface area contributed by atoms with Crippen molar-refractivity contribution in [2.75, 3.05) is 13.1 Å². The number of aromatic nitrogens is 2. The summed E-state index contributed by atoms with van der Waals surface area (Å²) in [5.41, 5.74) is 3.24. The van der Waals surface area contributed by atoms with Crippen LogP contribution in [0.1, 0.15) is 24.0 Å². The maximum atomic E-state index is 13.6. The molecule has 0 saturated carbocycles. The number of aliphatic hydroxyl groups excluding tert-OH is 1. The maximum Gasteiger partial charge on any atom is 0.418 e. The molecule has 31 heavy (non-hydrogen) atoms. The Hall–Kier alpha value is -2.90. The van der Waals surface area contributed by atoms with Crippen LogP contribution in [-0.2, 0) is 6.18 Å². The highest BCUT2D eigenvalue weighted by Crippen LogP contribution is 2.39. The smallest absolute Gasteiger partial charge is 0.392 e. The monoisotopic (exact) mass is 425 g/mol. The summed E-state index contributed by atoms with van der Waals surface area (Å²) in [4.78, 5) is 6.33. The van der Waals surface area contributed by atoms with E-state index in [4.69, 9.17) is 0 Å². The molecule has 4 nitrogen and oxygen atoms in total. The lowest BCUT2D eigenvalue weighted by atomic mass is 9.93. The molecule has 0 bridgehead atoms. The van der Waals surface area contributed by atoms with Gasteiger partial charge in [0, 0.05) is 55.0 Å². The largest absolute Gasteiger partial charge is 0.418 e. The van der Waals surface area contributed by atoms with Gasteiger partial charge in [-0.25, -0.2) is 0 Å². The van der Waals surface area contributed by atoms with Gasteiger partial charge in [-0.3, -0.25) is 9.88 Å². The second-order valence-corrected chi connectivity index (χ2v) is 8.14. The molecule has 0 amide bonds. The molecule has 2 aliphatic rings. The van der Waals surface area contributed by atoms with Crippen LogP contribution in [0, 0.1) is 0 Å². The number of nitrogens with zero attached hydrogens (tertiary/aromatic N) is 3. The topological polar surface area (TPSA) is 41.3 Å². The molecule has 3 aromatic rings. The van der Waals surface area contributed by atoms with Crippen LogP contribution in [0.25, 0.3) is 22.4 Å². The SMILES string of the molecule is OC1CC2C=C(c3cn(-c4ccccc4C(F)(F)F)cc3-c3ccncc3)CCN2C1. The van der Waals surface area contributed by atoms with Gasteiger partial charge in [0.2, 0.25) is 0 Å². The number of aliphatic hydroxyl groups is 1. The van der Waals surface area contributed by atoms with Crippen molar-refractivity contribution in [1.82, 2.24) is 14.5 Å². The second kappa shape index (κ2) is 7.66. The molecule has 0 aliphatic carbocycles. The van der Waals surface area contributed by atoms with Gasteiger partial charge in [-0.15, -0.1) is 0 Å². The lowest BCUT2D eigenvalue weighted by Crippen LogP contribution is -2.32. The molecule has 5 rings (SSSR count). The Kier molecular flexibility index (Phi) is 4.95. The highest BCUT2D eigenvalue weighted by molar-refractivity contribution is 5.82. The van der Waals surface area contributed by atoms with Crippen LogP contribution in [0.2, 0.25) is 0 Å². The third-order valence-electron chi connectivity index (χ3n) is 6.14. The minimum absolute atomic E-state index is 0.103. The second-order valence-electron chi connectivity index (χ2n) is 8.14. The van der Waals surface area contributed by atoms with E-state index in [1.54, 1.807) is 35.4 Å². The molecule has 1 aromatic carbocycles. The molecule has 0 radical (unpaired) electrons. The first-order valence-electron chi connectivity index (χ1n) is 10.3. The van der Waals surface area contributed by atoms with E-state index in [0.29, 0.717) is 13.0 Å². The minimum Gasteiger partial charge on any atom is -0.392 e. The summed E-state index contributed by atoms with van der Waals surface area (Å²) >= 11 is 0. The van der Waals surface area contributed by atoms with Crippen molar-refractivity contribution in [3.63, 3.8) is 0 Å². The predicted octanol–water partition coefficient (Wildman–Crippen LogP) is 4.78. The van der Waals surface area contributed by atoms with Crippen molar-refractivity contribution in [2.24, 2.45) is 0 Å². The van der Waals surface area contributed by atoms with Crippen molar-refractivity contribution in [2.45, 2.75) is 31.2 Å². The van der Waals surface area contributed by atoms with E-state index in [-0.39, 0.29) is 17.8 Å². The number of para-hydroxylation sites is 1. The van der Waals surface area contributed by atoms with Gasteiger partial charge in [-0.05, 0) is 48.2 Å². The molecule has 0 spiro atoms. The van der Waals surface area contributed by atoms with Crippen LogP contribution >= 0.6 is 0 Å². The third kappa shape index (κ3) is 3.79. The zero-order chi connectivity index (χ0) is 21.6. The molecule has 7 heteroatoms. The van der Waals surface area contributed by atoms with E-state index < -0.39 is 11.7 Å². The first kappa shape index (κ1) is 20.0. The van der Waals surface area contributed by atoms with Gasteiger partial charge in [0.25, 0.3) is 0 Å². The predicted molar refractivity (Wildman–Crippen MR) is 113 cm³/mol. The van der Waals surface area contributed by atoms with Gasteiger partial charge in [-0.2, -0.15) is 13.2 Å². The van der Waals surface area contributed by atoms with Crippen LogP contribution < -0.4 is 0 Å². The summed E-state index contributed by atoms with van der Waals surface area (Å²) in [6, 6.07) is 9.53. The fraction of sp³-hybridized carbons (Fsp3) is 0.292. The molecule has 160 valence electrons. The molecule has 2 unspecified atom stereocenters. The fourth-order valence-electron chi connectivity index (χ4n) is 4.69. The maximum absolute atomic E-state index is 13.6. The Morgan fingerprint density at radius 2 is 1.74 bits per heavy atom. The number of halogens is 3. The molecule has 1 N–H and O–H groups in total. The third-order valence-corrected chi connectivity index (χ3v) is 6.14. The first-order valence-corrected chi connectivity index (χ1v) is 10.3. The quantitative estimate of drug-likeness (QED) is 0.657. The average molecular weight is 425 g/mol. The highest BCUT2D eigenvalue weighted by atomic mass is 19.4. The zero-order valence-electron chi connectivity index (χ0n) is 16.8. The van der Waals surface area contributed by atoms with Gasteiger partial charge in [0.1, 0.15) is 0 Å². The van der Waals surface area contributed by atoms with Crippen LogP contribution in [0.5, 0.6) is 0 Å². The number of rotatable bonds is 3. The van der Waals surface area contributed by atoms with Gasteiger partial charge < -0.3 is 9.67 Å². The van der Waals surface area contributed by atoms with Crippen molar-refractivity contribution in [1.29, 1.82) is 0 Å². The number of pyridine rings is 1. The lowest BCUT2D eigenvalue weighted by Gasteiger charge is -2.28. The number of benzene rings is 1. The Morgan fingerprint density at radius 3 is 2.52 bits per heavy atom. The summed E-state index contributed by atoms with van der Waals surface area (Å²) in [7, 11) is 0. The Labute approximate surface area is 178 Å². The number of alkyl halides is 3. The molecule has 2 aromatic heterocycles. The summed E-state index contributed by atoms with van der Waals surface area (Å²) in [6.07, 6.45) is 5.80. The number of hydrogen-bond acceptors (Lipinski definition) is 3. The highest BCUT2D eigenvalue weighted by Gasteiger charge is 2.35. The summed E-state index contributed by atoms with van der Waals surface area (Å²) in [5, 5.41) is 10.0. The van der Waals surface area contributed by atoms with E-state index in [9.17, 15) is 18.3 Å². The van der Waals surface area contributed by atoms with Crippen molar-refractivity contribution in [3.05, 3.63) is 78.4 Å². The van der Waals surface area contributed by atoms with Crippen LogP contribution in [-0.4, -0.2) is 44.8 Å². The normalized spacial score (nSPS) is 21.7. The fourth-order valence-corrected chi connectivity index (χ4v) is 4.69. The Balaban J connectivity index is 1.64. The van der Waals surface area contributed by atoms with E-state index in [1.807, 2.05) is 12.1 Å². The van der Waals surface area contributed by atoms with Gasteiger partial charge in [0.15, 0.2) is 0 Å². The summed E-state index contributed by atoms with van der Waals surface area (Å²) in [6.45, 7) is 1.50. The van der Waals surface area contributed by atoms with Crippen LogP contribution in [0.15, 0.2) is 67.3 Å². The van der Waals surface area contributed by atoms with Crippen molar-refractivity contribution in [3.8, 4) is 16.8 Å². The first-order chi connectivity index (χ1) is 14.9. The van der Waals surface area contributed by atoms with Gasteiger partial charge in [-0.1, -0.05) is 18.2 Å². The number of fused-ring (bicyclic) bond motifs is 1. The van der Waals surface area contributed by atoms with E-state index in [1.165, 1.54) is 12.1 Å².